The Hall–Kier alpha value is -1.06. The Kier molecular flexibility index (Phi) is 3.23. The van der Waals surface area contributed by atoms with Gasteiger partial charge in [0.05, 0.1) is 0 Å². The minimum atomic E-state index is -0.487. The molecule has 1 atom stereocenters. The summed E-state index contributed by atoms with van der Waals surface area (Å²) < 4.78 is 5.37. The number of aliphatic hydroxyl groups excluding tert-OH is 1. The summed E-state index contributed by atoms with van der Waals surface area (Å²) in [6.45, 7) is 1.88. The van der Waals surface area contributed by atoms with E-state index in [4.69, 9.17) is 4.42 Å². The Bertz CT molecular complexity index is 403. The molecule has 15 heavy (non-hydrogen) atoms. The zero-order chi connectivity index (χ0) is 10.7. The predicted octanol–water partition coefficient (Wildman–Crippen LogP) is 3.32. The summed E-state index contributed by atoms with van der Waals surface area (Å²) in [7, 11) is 0. The number of aliphatic hydroxyl groups is 1. The Morgan fingerprint density at radius 3 is 2.87 bits per heavy atom. The first-order valence-corrected chi connectivity index (χ1v) is 5.95. The van der Waals surface area contributed by atoms with Crippen molar-refractivity contribution < 1.29 is 9.52 Å². The fourth-order valence-corrected chi connectivity index (χ4v) is 2.22. The number of hydrogen-bond donors (Lipinski definition) is 1. The van der Waals surface area contributed by atoms with E-state index in [0.717, 1.165) is 12.2 Å². The predicted molar refractivity (Wildman–Crippen MR) is 61.0 cm³/mol. The lowest BCUT2D eigenvalue weighted by Crippen LogP contribution is -1.97. The van der Waals surface area contributed by atoms with Crippen LogP contribution < -0.4 is 0 Å². The summed E-state index contributed by atoms with van der Waals surface area (Å²) in [5.41, 5.74) is 1.28. The van der Waals surface area contributed by atoms with Crippen LogP contribution in [0.25, 0.3) is 0 Å². The lowest BCUT2D eigenvalue weighted by Gasteiger charge is -2.06. The third kappa shape index (κ3) is 2.70. The lowest BCUT2D eigenvalue weighted by molar-refractivity contribution is 0.139. The van der Waals surface area contributed by atoms with Gasteiger partial charge in [-0.3, -0.25) is 0 Å². The molecule has 2 aromatic heterocycles. The molecule has 0 radical (unpaired) electrons. The lowest BCUT2D eigenvalue weighted by atomic mass is 10.1. The molecule has 0 aromatic carbocycles. The summed E-state index contributed by atoms with van der Waals surface area (Å²) in [6.07, 6.45) is 1.12. The Morgan fingerprint density at radius 2 is 2.27 bits per heavy atom. The maximum absolute atomic E-state index is 9.84. The zero-order valence-corrected chi connectivity index (χ0v) is 9.46. The molecule has 0 aliphatic carbocycles. The molecule has 2 rings (SSSR count). The molecular weight excluding hydrogens is 208 g/mol. The van der Waals surface area contributed by atoms with Gasteiger partial charge >= 0.3 is 0 Å². The van der Waals surface area contributed by atoms with Crippen LogP contribution in [0.1, 0.15) is 29.6 Å². The smallest absolute Gasteiger partial charge is 0.132 e. The van der Waals surface area contributed by atoms with Crippen LogP contribution >= 0.6 is 11.3 Å². The first kappa shape index (κ1) is 10.5. The normalized spacial score (nSPS) is 12.9. The molecule has 0 saturated carbocycles. The van der Waals surface area contributed by atoms with Gasteiger partial charge in [0.25, 0.3) is 0 Å². The standard InChI is InChI=1S/C12H14O2S/c1-9-2-5-12(14-9)11(13)4-3-10-6-7-15-8-10/h2,5-8,11,13H,3-4H2,1H3. The quantitative estimate of drug-likeness (QED) is 0.861. The van der Waals surface area contributed by atoms with Crippen molar-refractivity contribution in [1.29, 1.82) is 0 Å². The van der Waals surface area contributed by atoms with E-state index in [9.17, 15) is 5.11 Å². The maximum atomic E-state index is 9.84. The van der Waals surface area contributed by atoms with Crippen molar-refractivity contribution in [2.45, 2.75) is 25.9 Å². The van der Waals surface area contributed by atoms with Crippen molar-refractivity contribution in [3.05, 3.63) is 46.0 Å². The Labute approximate surface area is 93.2 Å². The van der Waals surface area contributed by atoms with Crippen molar-refractivity contribution in [3.8, 4) is 0 Å². The fourth-order valence-electron chi connectivity index (χ4n) is 1.51. The number of aryl methyl sites for hydroxylation is 2. The summed E-state index contributed by atoms with van der Waals surface area (Å²) in [6, 6.07) is 5.81. The van der Waals surface area contributed by atoms with Crippen LogP contribution in [0, 0.1) is 6.92 Å². The van der Waals surface area contributed by atoms with Crippen LogP contribution in [0.2, 0.25) is 0 Å². The molecule has 0 amide bonds. The maximum Gasteiger partial charge on any atom is 0.132 e. The average molecular weight is 222 g/mol. The SMILES string of the molecule is Cc1ccc(C(O)CCc2ccsc2)o1. The molecule has 2 heterocycles. The highest BCUT2D eigenvalue weighted by molar-refractivity contribution is 7.07. The zero-order valence-electron chi connectivity index (χ0n) is 8.64. The molecule has 0 saturated heterocycles. The molecule has 0 bridgehead atoms. The van der Waals surface area contributed by atoms with Gasteiger partial charge in [-0.05, 0) is 54.3 Å². The van der Waals surface area contributed by atoms with Gasteiger partial charge in [0.2, 0.25) is 0 Å². The largest absolute Gasteiger partial charge is 0.464 e. The monoisotopic (exact) mass is 222 g/mol. The molecule has 0 aliphatic rings. The molecule has 0 fully saturated rings. The average Bonchev–Trinajstić information content (AvgIpc) is 2.84. The molecule has 1 N–H and O–H groups in total. The van der Waals surface area contributed by atoms with Crippen molar-refractivity contribution in [2.24, 2.45) is 0 Å². The molecule has 2 aromatic rings. The molecule has 1 unspecified atom stereocenters. The highest BCUT2D eigenvalue weighted by Gasteiger charge is 2.11. The van der Waals surface area contributed by atoms with E-state index in [0.29, 0.717) is 12.2 Å². The molecule has 0 spiro atoms. The second kappa shape index (κ2) is 4.64. The van der Waals surface area contributed by atoms with Gasteiger partial charge in [0.1, 0.15) is 17.6 Å². The van der Waals surface area contributed by atoms with Gasteiger partial charge in [-0.1, -0.05) is 0 Å². The number of furan rings is 1. The van der Waals surface area contributed by atoms with Crippen LogP contribution in [0.15, 0.2) is 33.4 Å². The number of rotatable bonds is 4. The summed E-state index contributed by atoms with van der Waals surface area (Å²) >= 11 is 1.69. The van der Waals surface area contributed by atoms with Gasteiger partial charge in [0.15, 0.2) is 0 Å². The molecule has 3 heteroatoms. The van der Waals surface area contributed by atoms with Gasteiger partial charge in [-0.25, -0.2) is 0 Å². The second-order valence-corrected chi connectivity index (χ2v) is 4.41. The fraction of sp³-hybridized carbons (Fsp3) is 0.333. The van der Waals surface area contributed by atoms with Crippen molar-refractivity contribution in [2.75, 3.05) is 0 Å². The van der Waals surface area contributed by atoms with E-state index in [-0.39, 0.29) is 0 Å². The second-order valence-electron chi connectivity index (χ2n) is 3.63. The summed E-state index contributed by atoms with van der Waals surface area (Å²) in [4.78, 5) is 0. The van der Waals surface area contributed by atoms with E-state index in [2.05, 4.69) is 16.8 Å². The molecule has 80 valence electrons. The minimum absolute atomic E-state index is 0.487. The van der Waals surface area contributed by atoms with Crippen molar-refractivity contribution in [1.82, 2.24) is 0 Å². The molecular formula is C12H14O2S. The van der Waals surface area contributed by atoms with Gasteiger partial charge in [0, 0.05) is 0 Å². The highest BCUT2D eigenvalue weighted by atomic mass is 32.1. The van der Waals surface area contributed by atoms with Crippen LogP contribution in [0.5, 0.6) is 0 Å². The first-order valence-electron chi connectivity index (χ1n) is 5.01. The topological polar surface area (TPSA) is 33.4 Å². The first-order chi connectivity index (χ1) is 7.25. The van der Waals surface area contributed by atoms with Gasteiger partial charge in [-0.2, -0.15) is 11.3 Å². The van der Waals surface area contributed by atoms with Crippen LogP contribution in [0.4, 0.5) is 0 Å². The third-order valence-electron chi connectivity index (χ3n) is 2.38. The van der Waals surface area contributed by atoms with Crippen LogP contribution in [-0.2, 0) is 6.42 Å². The van der Waals surface area contributed by atoms with Gasteiger partial charge < -0.3 is 9.52 Å². The van der Waals surface area contributed by atoms with E-state index in [1.54, 1.807) is 11.3 Å². The number of hydrogen-bond acceptors (Lipinski definition) is 3. The minimum Gasteiger partial charge on any atom is -0.464 e. The molecule has 0 aliphatic heterocycles. The van der Waals surface area contributed by atoms with Crippen molar-refractivity contribution >= 4 is 11.3 Å². The Balaban J connectivity index is 1.90. The van der Waals surface area contributed by atoms with Gasteiger partial charge in [-0.15, -0.1) is 0 Å². The van der Waals surface area contributed by atoms with E-state index >= 15 is 0 Å². The Morgan fingerprint density at radius 1 is 1.40 bits per heavy atom. The van der Waals surface area contributed by atoms with Crippen molar-refractivity contribution in [3.63, 3.8) is 0 Å². The van der Waals surface area contributed by atoms with E-state index < -0.39 is 6.10 Å². The summed E-state index contributed by atoms with van der Waals surface area (Å²) in [5.74, 6) is 1.52. The molecule has 2 nitrogen and oxygen atoms in total. The highest BCUT2D eigenvalue weighted by Crippen LogP contribution is 2.21. The third-order valence-corrected chi connectivity index (χ3v) is 3.11. The number of thiophene rings is 1. The summed E-state index contributed by atoms with van der Waals surface area (Å²) in [5, 5.41) is 14.0. The van der Waals surface area contributed by atoms with Crippen LogP contribution in [-0.4, -0.2) is 5.11 Å². The van der Waals surface area contributed by atoms with E-state index in [1.807, 2.05) is 19.1 Å². The van der Waals surface area contributed by atoms with Crippen LogP contribution in [0.3, 0.4) is 0 Å². The van der Waals surface area contributed by atoms with E-state index in [1.165, 1.54) is 5.56 Å².